The molecule has 0 aromatic carbocycles. The van der Waals surface area contributed by atoms with Crippen LogP contribution in [0.25, 0.3) is 0 Å². The van der Waals surface area contributed by atoms with Gasteiger partial charge in [-0.05, 0) is 26.2 Å². The first kappa shape index (κ1) is 13.5. The van der Waals surface area contributed by atoms with Crippen molar-refractivity contribution in [3.8, 4) is 0 Å². The molecule has 0 aromatic heterocycles. The summed E-state index contributed by atoms with van der Waals surface area (Å²) in [5.74, 6) is 6.49. The first-order valence-corrected chi connectivity index (χ1v) is 6.66. The van der Waals surface area contributed by atoms with Crippen LogP contribution in [0.1, 0.15) is 39.0 Å². The number of aliphatic hydroxyl groups is 1. The lowest BCUT2D eigenvalue weighted by Crippen LogP contribution is -2.89. The molecule has 18 heavy (non-hydrogen) atoms. The van der Waals surface area contributed by atoms with Gasteiger partial charge in [0.1, 0.15) is 12.0 Å². The average molecular weight is 254 g/mol. The number of quaternary nitrogens is 1. The number of hydrazine groups is 1. The number of allylic oxidation sites excluding steroid dienone is 1. The number of carbonyl (C=O) groups excluding carboxylic acids is 1. The number of hydrogen-bond donors (Lipinski definition) is 3. The Bertz CT molecular complexity index is 367. The molecule has 0 saturated heterocycles. The molecule has 0 aromatic rings. The lowest BCUT2D eigenvalue weighted by Gasteiger charge is -2.27. The molecule has 2 aliphatic rings. The first-order valence-electron chi connectivity index (χ1n) is 6.66. The van der Waals surface area contributed by atoms with Crippen LogP contribution in [0.5, 0.6) is 0 Å². The van der Waals surface area contributed by atoms with Crippen molar-refractivity contribution in [1.82, 2.24) is 5.01 Å². The number of hydrogen-bond acceptors (Lipinski definition) is 4. The molecule has 5 N–H and O–H groups in total. The first-order chi connectivity index (χ1) is 8.42. The Morgan fingerprint density at radius 2 is 2.28 bits per heavy atom. The van der Waals surface area contributed by atoms with E-state index in [0.717, 1.165) is 31.4 Å². The summed E-state index contributed by atoms with van der Waals surface area (Å²) in [6.07, 6.45) is 6.18. The summed E-state index contributed by atoms with van der Waals surface area (Å²) in [7, 11) is 1.82. The van der Waals surface area contributed by atoms with E-state index in [9.17, 15) is 9.90 Å². The summed E-state index contributed by atoms with van der Waals surface area (Å²) in [6.45, 7) is 1.62. The van der Waals surface area contributed by atoms with Gasteiger partial charge < -0.3 is 20.2 Å². The third-order valence-corrected chi connectivity index (χ3v) is 4.16. The third kappa shape index (κ3) is 2.91. The van der Waals surface area contributed by atoms with E-state index in [4.69, 9.17) is 5.84 Å². The quantitative estimate of drug-likeness (QED) is 0.422. The normalized spacial score (nSPS) is 33.7. The number of carbonyl (C=O) groups is 1. The maximum Gasteiger partial charge on any atom is 0.129 e. The summed E-state index contributed by atoms with van der Waals surface area (Å²) in [5.41, 5.74) is 0.727. The SMILES string of the molecule is CC(=O)CCCC(=C[NH2+]C1CC2(O)CC12)N(C)N. The van der Waals surface area contributed by atoms with Gasteiger partial charge >= 0.3 is 0 Å². The number of ketones is 1. The van der Waals surface area contributed by atoms with Crippen LogP contribution in [-0.2, 0) is 4.79 Å². The largest absolute Gasteiger partial charge is 0.389 e. The molecule has 0 amide bonds. The highest BCUT2D eigenvalue weighted by atomic mass is 16.3. The average Bonchev–Trinajstić information content (AvgIpc) is 2.80. The number of nitrogens with zero attached hydrogens (tertiary/aromatic N) is 1. The lowest BCUT2D eigenvalue weighted by atomic mass is 9.90. The molecule has 2 rings (SSSR count). The van der Waals surface area contributed by atoms with Gasteiger partial charge in [-0.3, -0.25) is 0 Å². The van der Waals surface area contributed by atoms with Gasteiger partial charge in [0.2, 0.25) is 0 Å². The van der Waals surface area contributed by atoms with Crippen molar-refractivity contribution in [1.29, 1.82) is 0 Å². The zero-order chi connectivity index (χ0) is 13.3. The van der Waals surface area contributed by atoms with E-state index in [1.54, 1.807) is 11.9 Å². The standard InChI is InChI=1S/C13H23N3O2/c1-9(17)4-3-5-10(16(2)14)8-15-12-7-13(18)6-11(12)13/h8,11-12,15,18H,3-7,14H2,1-2H3/p+1. The third-order valence-electron chi connectivity index (χ3n) is 4.16. The second-order valence-corrected chi connectivity index (χ2v) is 5.80. The molecule has 0 spiro atoms. The fourth-order valence-electron chi connectivity index (χ4n) is 2.83. The molecule has 2 saturated carbocycles. The Morgan fingerprint density at radius 3 is 2.72 bits per heavy atom. The molecule has 3 atom stereocenters. The molecule has 5 nitrogen and oxygen atoms in total. The topological polar surface area (TPSA) is 83.2 Å². The zero-order valence-corrected chi connectivity index (χ0v) is 11.2. The van der Waals surface area contributed by atoms with Crippen molar-refractivity contribution < 1.29 is 15.2 Å². The van der Waals surface area contributed by atoms with Crippen molar-refractivity contribution in [2.75, 3.05) is 7.05 Å². The van der Waals surface area contributed by atoms with Crippen molar-refractivity contribution >= 4 is 5.78 Å². The Hall–Kier alpha value is -0.910. The van der Waals surface area contributed by atoms with Gasteiger partial charge in [-0.15, -0.1) is 0 Å². The van der Waals surface area contributed by atoms with Crippen LogP contribution in [-0.4, -0.2) is 34.6 Å². The summed E-state index contributed by atoms with van der Waals surface area (Å²) >= 11 is 0. The molecule has 0 radical (unpaired) electrons. The van der Waals surface area contributed by atoms with E-state index in [-0.39, 0.29) is 11.4 Å². The maximum atomic E-state index is 10.9. The minimum absolute atomic E-state index is 0.222. The van der Waals surface area contributed by atoms with Gasteiger partial charge in [0.05, 0.1) is 17.3 Å². The van der Waals surface area contributed by atoms with E-state index in [0.29, 0.717) is 18.4 Å². The number of fused-ring (bicyclic) bond motifs is 1. The molecule has 0 bridgehead atoms. The van der Waals surface area contributed by atoms with Crippen LogP contribution >= 0.6 is 0 Å². The van der Waals surface area contributed by atoms with E-state index in [2.05, 4.69) is 11.5 Å². The lowest BCUT2D eigenvalue weighted by molar-refractivity contribution is -0.645. The smallest absolute Gasteiger partial charge is 0.129 e. The molecular formula is C13H24N3O2+. The molecule has 5 heteroatoms. The minimum atomic E-state index is -0.321. The fourth-order valence-corrected chi connectivity index (χ4v) is 2.83. The number of rotatable bonds is 7. The molecule has 102 valence electrons. The van der Waals surface area contributed by atoms with Gasteiger partial charge in [0, 0.05) is 25.8 Å². The monoisotopic (exact) mass is 254 g/mol. The highest BCUT2D eigenvalue weighted by Gasteiger charge is 2.69. The van der Waals surface area contributed by atoms with Crippen molar-refractivity contribution in [3.05, 3.63) is 11.9 Å². The van der Waals surface area contributed by atoms with Crippen LogP contribution in [0.2, 0.25) is 0 Å². The van der Waals surface area contributed by atoms with Crippen molar-refractivity contribution in [2.24, 2.45) is 11.8 Å². The van der Waals surface area contributed by atoms with Crippen molar-refractivity contribution in [2.45, 2.75) is 50.7 Å². The predicted molar refractivity (Wildman–Crippen MR) is 68.0 cm³/mol. The van der Waals surface area contributed by atoms with Crippen LogP contribution < -0.4 is 11.2 Å². The summed E-state index contributed by atoms with van der Waals surface area (Å²) < 4.78 is 0. The Balaban J connectivity index is 1.76. The summed E-state index contributed by atoms with van der Waals surface area (Å²) in [6, 6.07) is 0.512. The Morgan fingerprint density at radius 1 is 1.56 bits per heavy atom. The molecule has 0 heterocycles. The Kier molecular flexibility index (Phi) is 3.75. The second kappa shape index (κ2) is 4.99. The molecular weight excluding hydrogens is 230 g/mol. The fraction of sp³-hybridized carbons (Fsp3) is 0.769. The highest BCUT2D eigenvalue weighted by molar-refractivity contribution is 5.75. The van der Waals surface area contributed by atoms with Crippen LogP contribution in [0.3, 0.4) is 0 Å². The van der Waals surface area contributed by atoms with Gasteiger partial charge in [-0.2, -0.15) is 0 Å². The van der Waals surface area contributed by atoms with E-state index in [1.165, 1.54) is 0 Å². The number of nitrogens with two attached hydrogens (primary N) is 2. The highest BCUT2D eigenvalue weighted by Crippen LogP contribution is 2.58. The molecule has 3 unspecified atom stereocenters. The minimum Gasteiger partial charge on any atom is -0.389 e. The van der Waals surface area contributed by atoms with E-state index in [1.807, 2.05) is 7.05 Å². The van der Waals surface area contributed by atoms with Gasteiger partial charge in [0.25, 0.3) is 0 Å². The molecule has 0 aliphatic heterocycles. The van der Waals surface area contributed by atoms with E-state index < -0.39 is 0 Å². The van der Waals surface area contributed by atoms with Gasteiger partial charge in [-0.25, -0.2) is 5.84 Å². The van der Waals surface area contributed by atoms with Crippen LogP contribution in [0.15, 0.2) is 11.9 Å². The summed E-state index contributed by atoms with van der Waals surface area (Å²) in [5, 5.41) is 13.5. The van der Waals surface area contributed by atoms with Crippen molar-refractivity contribution in [3.63, 3.8) is 0 Å². The zero-order valence-electron chi connectivity index (χ0n) is 11.2. The predicted octanol–water partition coefficient (Wildman–Crippen LogP) is -0.521. The second-order valence-electron chi connectivity index (χ2n) is 5.80. The molecule has 2 fully saturated rings. The molecule has 2 aliphatic carbocycles. The summed E-state index contributed by atoms with van der Waals surface area (Å²) in [4.78, 5) is 10.9. The Labute approximate surface area is 108 Å². The maximum absolute atomic E-state index is 10.9. The van der Waals surface area contributed by atoms with E-state index >= 15 is 0 Å². The number of Topliss-reactive ketones (excluding diaryl/α,β-unsaturated/α-hetero) is 1. The van der Waals surface area contributed by atoms with Gasteiger partial charge in [-0.1, -0.05) is 0 Å². The van der Waals surface area contributed by atoms with Gasteiger partial charge in [0.15, 0.2) is 0 Å². The van der Waals surface area contributed by atoms with Crippen LogP contribution in [0.4, 0.5) is 0 Å². The van der Waals surface area contributed by atoms with Crippen LogP contribution in [0, 0.1) is 5.92 Å².